The van der Waals surface area contributed by atoms with Crippen LogP contribution in [0.15, 0.2) is 22.6 Å². The number of amides is 3. The third-order valence-corrected chi connectivity index (χ3v) is 6.42. The van der Waals surface area contributed by atoms with E-state index in [0.717, 1.165) is 30.2 Å². The number of ether oxygens (including phenoxy) is 1. The van der Waals surface area contributed by atoms with Gasteiger partial charge in [0.25, 0.3) is 0 Å². The third-order valence-electron chi connectivity index (χ3n) is 5.13. The molecule has 1 saturated heterocycles. The molecular weight excluding hydrogens is 404 g/mol. The fraction of sp³-hybridized carbons (Fsp3) is 0.529. The van der Waals surface area contributed by atoms with E-state index in [1.807, 2.05) is 17.8 Å². The first-order chi connectivity index (χ1) is 13.4. The lowest BCUT2D eigenvalue weighted by Crippen LogP contribution is -2.55. The van der Waals surface area contributed by atoms with E-state index in [2.05, 4.69) is 19.9 Å². The molecule has 1 aromatic carbocycles. The summed E-state index contributed by atoms with van der Waals surface area (Å²) in [5, 5.41) is 4.82. The SMILES string of the molecule is CNC(=O)NC(=O)C1(N2CCSCC2)CC1c1ccc(OC)c(N=S(=O)=O)c1. The number of urea groups is 1. The first-order valence-corrected chi connectivity index (χ1v) is 11.0. The Labute approximate surface area is 168 Å². The van der Waals surface area contributed by atoms with Gasteiger partial charge in [-0.05, 0) is 24.1 Å². The Morgan fingerprint density at radius 3 is 2.64 bits per heavy atom. The first-order valence-electron chi connectivity index (χ1n) is 8.77. The summed E-state index contributed by atoms with van der Waals surface area (Å²) in [5.74, 6) is 1.66. The maximum atomic E-state index is 13.0. The predicted octanol–water partition coefficient (Wildman–Crippen LogP) is 1.12. The minimum absolute atomic E-state index is 0.166. The second-order valence-electron chi connectivity index (χ2n) is 6.55. The molecule has 11 heteroatoms. The summed E-state index contributed by atoms with van der Waals surface area (Å²) in [6.45, 7) is 1.50. The molecule has 0 bridgehead atoms. The van der Waals surface area contributed by atoms with Crippen molar-refractivity contribution in [2.75, 3.05) is 38.8 Å². The van der Waals surface area contributed by atoms with E-state index in [-0.39, 0.29) is 17.5 Å². The number of hydrogen-bond donors (Lipinski definition) is 2. The summed E-state index contributed by atoms with van der Waals surface area (Å²) in [7, 11) is 0.271. The van der Waals surface area contributed by atoms with Crippen LogP contribution in [-0.2, 0) is 15.3 Å². The summed E-state index contributed by atoms with van der Waals surface area (Å²) >= 11 is 1.83. The van der Waals surface area contributed by atoms with Gasteiger partial charge in [-0.1, -0.05) is 6.07 Å². The molecule has 1 saturated carbocycles. The zero-order valence-electron chi connectivity index (χ0n) is 15.6. The smallest absolute Gasteiger partial charge is 0.321 e. The normalized spacial score (nSPS) is 24.1. The van der Waals surface area contributed by atoms with Crippen LogP contribution in [0, 0.1) is 0 Å². The average Bonchev–Trinajstić information content (AvgIpc) is 3.45. The fourth-order valence-electron chi connectivity index (χ4n) is 3.70. The molecule has 0 radical (unpaired) electrons. The first kappa shape index (κ1) is 20.6. The molecule has 3 amide bonds. The maximum Gasteiger partial charge on any atom is 0.321 e. The minimum Gasteiger partial charge on any atom is -0.494 e. The van der Waals surface area contributed by atoms with Gasteiger partial charge in [-0.25, -0.2) is 4.79 Å². The highest BCUT2D eigenvalue weighted by molar-refractivity contribution is 7.99. The summed E-state index contributed by atoms with van der Waals surface area (Å²) in [6.07, 6.45) is 0.548. The average molecular weight is 427 g/mol. The van der Waals surface area contributed by atoms with E-state index in [1.165, 1.54) is 14.2 Å². The van der Waals surface area contributed by atoms with Gasteiger partial charge < -0.3 is 10.1 Å². The molecule has 2 N–H and O–H groups in total. The zero-order chi connectivity index (χ0) is 20.3. The van der Waals surface area contributed by atoms with E-state index in [4.69, 9.17) is 4.74 Å². The Kier molecular flexibility index (Phi) is 6.26. The molecule has 2 atom stereocenters. The lowest BCUT2D eigenvalue weighted by molar-refractivity contribution is -0.127. The van der Waals surface area contributed by atoms with Gasteiger partial charge in [0.05, 0.1) is 7.11 Å². The van der Waals surface area contributed by atoms with Gasteiger partial charge in [0, 0.05) is 37.6 Å². The highest BCUT2D eigenvalue weighted by Crippen LogP contribution is 2.57. The van der Waals surface area contributed by atoms with Crippen LogP contribution in [0.4, 0.5) is 10.5 Å². The van der Waals surface area contributed by atoms with Crippen molar-refractivity contribution in [1.82, 2.24) is 15.5 Å². The van der Waals surface area contributed by atoms with Gasteiger partial charge in [0.2, 0.25) is 5.91 Å². The summed E-state index contributed by atoms with van der Waals surface area (Å²) < 4.78 is 30.8. The van der Waals surface area contributed by atoms with Crippen molar-refractivity contribution in [1.29, 1.82) is 0 Å². The number of imide groups is 1. The molecule has 1 heterocycles. The van der Waals surface area contributed by atoms with Crippen LogP contribution < -0.4 is 15.4 Å². The van der Waals surface area contributed by atoms with Crippen molar-refractivity contribution in [3.63, 3.8) is 0 Å². The minimum atomic E-state index is -2.62. The van der Waals surface area contributed by atoms with Gasteiger partial charge in [0.15, 0.2) is 0 Å². The monoisotopic (exact) mass is 426 g/mol. The molecule has 0 aromatic heterocycles. The molecule has 2 unspecified atom stereocenters. The highest BCUT2D eigenvalue weighted by atomic mass is 32.2. The number of rotatable bonds is 5. The van der Waals surface area contributed by atoms with Crippen molar-refractivity contribution < 1.29 is 22.7 Å². The van der Waals surface area contributed by atoms with E-state index < -0.39 is 22.1 Å². The Hall–Kier alpha value is -2.11. The number of carbonyl (C=O) groups excluding carboxylic acids is 2. The van der Waals surface area contributed by atoms with Crippen molar-refractivity contribution in [3.05, 3.63) is 23.8 Å². The standard InChI is InChI=1S/C17H22N4O5S2/c1-18-16(23)19-15(22)17(21-5-7-27-8-6-21)10-12(17)11-3-4-14(26-2)13(9-11)20-28(24)25/h3-4,9,12H,5-8,10H2,1-2H3,(H2,18,19,22,23). The van der Waals surface area contributed by atoms with E-state index >= 15 is 0 Å². The van der Waals surface area contributed by atoms with E-state index in [9.17, 15) is 18.0 Å². The van der Waals surface area contributed by atoms with Gasteiger partial charge >= 0.3 is 16.5 Å². The highest BCUT2D eigenvalue weighted by Gasteiger charge is 2.64. The Morgan fingerprint density at radius 1 is 1.32 bits per heavy atom. The van der Waals surface area contributed by atoms with Gasteiger partial charge in [0.1, 0.15) is 17.0 Å². The van der Waals surface area contributed by atoms with E-state index in [1.54, 1.807) is 12.1 Å². The number of methoxy groups -OCH3 is 1. The van der Waals surface area contributed by atoms with Crippen molar-refractivity contribution in [2.45, 2.75) is 17.9 Å². The fourth-order valence-corrected chi connectivity index (χ4v) is 4.91. The lowest BCUT2D eigenvalue weighted by Gasteiger charge is -2.34. The van der Waals surface area contributed by atoms with Crippen LogP contribution in [0.3, 0.4) is 0 Å². The Morgan fingerprint density at radius 2 is 2.04 bits per heavy atom. The second-order valence-corrected chi connectivity index (χ2v) is 8.39. The molecular formula is C17H22N4O5S2. The molecule has 1 aliphatic carbocycles. The number of nitrogens with one attached hydrogen (secondary N) is 2. The molecule has 1 aromatic rings. The van der Waals surface area contributed by atoms with Gasteiger partial charge in [-0.3, -0.25) is 15.0 Å². The lowest BCUT2D eigenvalue weighted by atomic mass is 10.0. The van der Waals surface area contributed by atoms with E-state index in [0.29, 0.717) is 12.2 Å². The van der Waals surface area contributed by atoms with Crippen LogP contribution in [0.2, 0.25) is 0 Å². The van der Waals surface area contributed by atoms with Crippen LogP contribution >= 0.6 is 11.8 Å². The van der Waals surface area contributed by atoms with Gasteiger partial charge in [-0.15, -0.1) is 4.36 Å². The van der Waals surface area contributed by atoms with Gasteiger partial charge in [-0.2, -0.15) is 20.2 Å². The number of hydrogen-bond acceptors (Lipinski definition) is 8. The quantitative estimate of drug-likeness (QED) is 0.724. The molecule has 2 aliphatic rings. The molecule has 3 rings (SSSR count). The van der Waals surface area contributed by atoms with Crippen LogP contribution in [0.5, 0.6) is 5.75 Å². The number of benzene rings is 1. The second kappa shape index (κ2) is 8.50. The molecule has 9 nitrogen and oxygen atoms in total. The van der Waals surface area contributed by atoms with Crippen molar-refractivity contribution in [2.24, 2.45) is 4.36 Å². The number of carbonyl (C=O) groups is 2. The van der Waals surface area contributed by atoms with Crippen molar-refractivity contribution in [3.8, 4) is 5.75 Å². The molecule has 2 fully saturated rings. The third kappa shape index (κ3) is 4.01. The molecule has 28 heavy (non-hydrogen) atoms. The Bertz CT molecular complexity index is 906. The van der Waals surface area contributed by atoms with Crippen LogP contribution in [0.25, 0.3) is 0 Å². The number of thioether (sulfide) groups is 1. The molecule has 1 aliphatic heterocycles. The van der Waals surface area contributed by atoms with Crippen molar-refractivity contribution >= 4 is 39.9 Å². The Balaban J connectivity index is 1.95. The summed E-state index contributed by atoms with van der Waals surface area (Å²) in [4.78, 5) is 26.8. The summed E-state index contributed by atoms with van der Waals surface area (Å²) in [5.41, 5.74) is 0.154. The van der Waals surface area contributed by atoms with Crippen LogP contribution in [-0.4, -0.2) is 69.5 Å². The largest absolute Gasteiger partial charge is 0.494 e. The summed E-state index contributed by atoms with van der Waals surface area (Å²) in [6, 6.07) is 4.54. The maximum absolute atomic E-state index is 13.0. The number of nitrogens with zero attached hydrogens (tertiary/aromatic N) is 2. The zero-order valence-corrected chi connectivity index (χ0v) is 17.2. The predicted molar refractivity (Wildman–Crippen MR) is 106 cm³/mol. The molecule has 152 valence electrons. The van der Waals surface area contributed by atoms with Crippen LogP contribution in [0.1, 0.15) is 17.9 Å². The topological polar surface area (TPSA) is 117 Å². The molecule has 0 spiro atoms.